The van der Waals surface area contributed by atoms with Gasteiger partial charge in [0.1, 0.15) is 5.84 Å². The van der Waals surface area contributed by atoms with Crippen LogP contribution in [-0.4, -0.2) is 77.3 Å². The van der Waals surface area contributed by atoms with Crippen molar-refractivity contribution in [2.75, 3.05) is 19.6 Å². The third kappa shape index (κ3) is 3.69. The summed E-state index contributed by atoms with van der Waals surface area (Å²) in [4.78, 5) is 23.7. The van der Waals surface area contributed by atoms with E-state index in [1.807, 2.05) is 42.2 Å². The summed E-state index contributed by atoms with van der Waals surface area (Å²) in [7, 11) is 0. The number of amidine groups is 1. The van der Waals surface area contributed by atoms with Crippen LogP contribution in [-0.2, 0) is 4.79 Å². The number of fused-ring (bicyclic) bond motifs is 1. The molecule has 1 aliphatic rings. The third-order valence-corrected chi connectivity index (χ3v) is 6.12. The molecule has 0 radical (unpaired) electrons. The Balaban J connectivity index is 1.37. The molecule has 4 aromatic rings. The summed E-state index contributed by atoms with van der Waals surface area (Å²) < 4.78 is 16.1. The molecule has 1 unspecified atom stereocenters. The number of aliphatic hydroxyl groups is 1. The summed E-state index contributed by atoms with van der Waals surface area (Å²) >= 11 is 0. The number of hydrogen-bond acceptors (Lipinski definition) is 6. The van der Waals surface area contributed by atoms with Gasteiger partial charge in [-0.2, -0.15) is 0 Å². The lowest BCUT2D eigenvalue weighted by Crippen LogP contribution is -2.56. The molecule has 2 atom stereocenters. The number of pyridine rings is 1. The maximum Gasteiger partial charge on any atom is 0.256 e. The van der Waals surface area contributed by atoms with Crippen LogP contribution in [0.1, 0.15) is 24.2 Å². The molecular formula is C23H23FN8O2. The average Bonchev–Trinajstić information content (AvgIpc) is 3.55. The second-order valence-corrected chi connectivity index (χ2v) is 8.22. The summed E-state index contributed by atoms with van der Waals surface area (Å²) in [6.45, 7) is 3.12. The van der Waals surface area contributed by atoms with Gasteiger partial charge in [0.2, 0.25) is 0 Å². The van der Waals surface area contributed by atoms with E-state index < -0.39 is 17.8 Å². The minimum absolute atomic E-state index is 0.0819. The van der Waals surface area contributed by atoms with Crippen LogP contribution in [0.15, 0.2) is 55.1 Å². The number of piperazine rings is 1. The number of amides is 1. The number of carbonyl (C=O) groups excluding carboxylic acids is 1. The molecule has 4 heterocycles. The number of aromatic amines is 1. The van der Waals surface area contributed by atoms with Crippen LogP contribution >= 0.6 is 0 Å². The van der Waals surface area contributed by atoms with Crippen molar-refractivity contribution in [2.24, 2.45) is 0 Å². The lowest BCUT2D eigenvalue weighted by atomic mass is 10.0. The van der Waals surface area contributed by atoms with Gasteiger partial charge in [-0.15, -0.1) is 5.10 Å². The number of hydrogen-bond donors (Lipinski definition) is 3. The number of H-pyrrole nitrogens is 1. The number of nitrogens with zero attached hydrogens (tertiary/aromatic N) is 6. The second kappa shape index (κ2) is 8.67. The quantitative estimate of drug-likeness (QED) is 0.314. The number of aliphatic hydroxyl groups excluding tert-OH is 1. The smallest absolute Gasteiger partial charge is 0.256 e. The number of halogens is 1. The molecule has 174 valence electrons. The summed E-state index contributed by atoms with van der Waals surface area (Å²) in [6, 6.07) is 9.17. The van der Waals surface area contributed by atoms with E-state index in [2.05, 4.69) is 20.3 Å². The minimum atomic E-state index is -1.56. The van der Waals surface area contributed by atoms with Crippen molar-refractivity contribution >= 4 is 22.6 Å². The predicted molar refractivity (Wildman–Crippen MR) is 122 cm³/mol. The van der Waals surface area contributed by atoms with E-state index in [1.54, 1.807) is 11.1 Å². The number of carbonyl (C=O) groups is 1. The van der Waals surface area contributed by atoms with Gasteiger partial charge in [0, 0.05) is 48.4 Å². The average molecular weight is 462 g/mol. The van der Waals surface area contributed by atoms with Crippen LogP contribution in [0.25, 0.3) is 16.7 Å². The molecule has 11 heteroatoms. The summed E-state index contributed by atoms with van der Waals surface area (Å²) in [5.41, 5.74) is 1.25. The zero-order chi connectivity index (χ0) is 23.8. The SMILES string of the molecule is C[C@@H]1CN(C(=N)c2ccccc2)CCN1C(=O)C(O)c1c[nH]c2c(-n3ccnn3)ncc(F)c12. The molecule has 1 fully saturated rings. The largest absolute Gasteiger partial charge is 0.378 e. The molecule has 0 bridgehead atoms. The van der Waals surface area contributed by atoms with Crippen molar-refractivity contribution in [3.05, 3.63) is 72.1 Å². The molecular weight excluding hydrogens is 439 g/mol. The van der Waals surface area contributed by atoms with Gasteiger partial charge < -0.3 is 19.9 Å². The third-order valence-electron chi connectivity index (χ3n) is 6.12. The van der Waals surface area contributed by atoms with Crippen molar-refractivity contribution in [3.63, 3.8) is 0 Å². The van der Waals surface area contributed by atoms with Crippen molar-refractivity contribution in [1.82, 2.24) is 34.8 Å². The van der Waals surface area contributed by atoms with Crippen molar-refractivity contribution in [1.29, 1.82) is 5.41 Å². The van der Waals surface area contributed by atoms with Gasteiger partial charge in [-0.3, -0.25) is 10.2 Å². The van der Waals surface area contributed by atoms with Crippen molar-refractivity contribution in [2.45, 2.75) is 19.1 Å². The molecule has 34 heavy (non-hydrogen) atoms. The first-order valence-corrected chi connectivity index (χ1v) is 10.9. The molecule has 1 saturated heterocycles. The zero-order valence-corrected chi connectivity index (χ0v) is 18.4. The van der Waals surface area contributed by atoms with Gasteiger partial charge in [0.05, 0.1) is 24.1 Å². The highest BCUT2D eigenvalue weighted by Gasteiger charge is 2.34. The van der Waals surface area contributed by atoms with E-state index in [0.717, 1.165) is 11.8 Å². The Hall–Kier alpha value is -4.12. The summed E-state index contributed by atoms with van der Waals surface area (Å²) in [5.74, 6) is -0.470. The lowest BCUT2D eigenvalue weighted by molar-refractivity contribution is -0.144. The Kier molecular flexibility index (Phi) is 5.54. The Labute approximate surface area is 194 Å². The number of rotatable bonds is 4. The van der Waals surface area contributed by atoms with Gasteiger partial charge in [0.15, 0.2) is 17.7 Å². The molecule has 1 aromatic carbocycles. The molecule has 0 spiro atoms. The maximum atomic E-state index is 14.8. The predicted octanol–water partition coefficient (Wildman–Crippen LogP) is 1.87. The van der Waals surface area contributed by atoms with Crippen LogP contribution in [0.4, 0.5) is 4.39 Å². The highest BCUT2D eigenvalue weighted by Crippen LogP contribution is 2.31. The molecule has 0 saturated carbocycles. The Bertz CT molecular complexity index is 1340. The molecule has 0 aliphatic carbocycles. The lowest BCUT2D eigenvalue weighted by Gasteiger charge is -2.41. The fourth-order valence-electron chi connectivity index (χ4n) is 4.39. The van der Waals surface area contributed by atoms with E-state index in [0.29, 0.717) is 36.8 Å². The number of aromatic nitrogens is 5. The molecule has 1 aliphatic heterocycles. The van der Waals surface area contributed by atoms with E-state index >= 15 is 0 Å². The Morgan fingerprint density at radius 1 is 1.29 bits per heavy atom. The summed E-state index contributed by atoms with van der Waals surface area (Å²) in [6.07, 6.45) is 3.93. The first-order chi connectivity index (χ1) is 16.5. The molecule has 10 nitrogen and oxygen atoms in total. The molecule has 1 amide bonds. The zero-order valence-electron chi connectivity index (χ0n) is 18.4. The Morgan fingerprint density at radius 2 is 2.09 bits per heavy atom. The van der Waals surface area contributed by atoms with E-state index in [1.165, 1.54) is 17.1 Å². The standard InChI is InChI=1S/C23H23FN8O2/c1-14-13-30(21(25)15-5-3-2-4-6-15)9-10-31(14)23(34)20(33)16-11-26-19-18(16)17(24)12-27-22(19)32-8-7-28-29-32/h2-8,11-12,14,20,25-26,33H,9-10,13H2,1H3/t14-,20?/m1/s1. The van der Waals surface area contributed by atoms with E-state index in [-0.39, 0.29) is 17.0 Å². The van der Waals surface area contributed by atoms with Gasteiger partial charge >= 0.3 is 0 Å². The number of nitrogens with one attached hydrogen (secondary N) is 2. The van der Waals surface area contributed by atoms with Crippen molar-refractivity contribution < 1.29 is 14.3 Å². The van der Waals surface area contributed by atoms with Gasteiger partial charge in [0.25, 0.3) is 5.91 Å². The van der Waals surface area contributed by atoms with Gasteiger partial charge in [-0.05, 0) is 6.92 Å². The van der Waals surface area contributed by atoms with E-state index in [9.17, 15) is 14.3 Å². The fourth-order valence-corrected chi connectivity index (χ4v) is 4.39. The molecule has 3 N–H and O–H groups in total. The fraction of sp³-hybridized carbons (Fsp3) is 0.261. The molecule has 3 aromatic heterocycles. The second-order valence-electron chi connectivity index (χ2n) is 8.22. The number of benzene rings is 1. The highest BCUT2D eigenvalue weighted by molar-refractivity contribution is 5.97. The monoisotopic (exact) mass is 462 g/mol. The van der Waals surface area contributed by atoms with E-state index in [4.69, 9.17) is 5.41 Å². The van der Waals surface area contributed by atoms with Crippen LogP contribution in [0.2, 0.25) is 0 Å². The van der Waals surface area contributed by atoms with Crippen LogP contribution in [0, 0.1) is 11.2 Å². The minimum Gasteiger partial charge on any atom is -0.378 e. The normalized spacial score (nSPS) is 17.2. The molecule has 5 rings (SSSR count). The van der Waals surface area contributed by atoms with Crippen LogP contribution in [0.3, 0.4) is 0 Å². The van der Waals surface area contributed by atoms with Gasteiger partial charge in [-0.25, -0.2) is 14.1 Å². The maximum absolute atomic E-state index is 14.8. The highest BCUT2D eigenvalue weighted by atomic mass is 19.1. The van der Waals surface area contributed by atoms with Crippen LogP contribution < -0.4 is 0 Å². The van der Waals surface area contributed by atoms with Gasteiger partial charge in [-0.1, -0.05) is 35.5 Å². The first kappa shape index (κ1) is 21.7. The van der Waals surface area contributed by atoms with Crippen molar-refractivity contribution in [3.8, 4) is 5.82 Å². The summed E-state index contributed by atoms with van der Waals surface area (Å²) in [5, 5.41) is 27.2. The van der Waals surface area contributed by atoms with Crippen LogP contribution in [0.5, 0.6) is 0 Å². The topological polar surface area (TPSA) is 127 Å². The first-order valence-electron chi connectivity index (χ1n) is 10.9. The Morgan fingerprint density at radius 3 is 2.79 bits per heavy atom.